The highest BCUT2D eigenvalue weighted by atomic mass is 32.2. The largest absolute Gasteiger partial charge is 0.352 e. The Morgan fingerprint density at radius 3 is 2.33 bits per heavy atom. The smallest absolute Gasteiger partial charge is 0.251 e. The van der Waals surface area contributed by atoms with E-state index >= 15 is 0 Å². The van der Waals surface area contributed by atoms with Crippen molar-refractivity contribution in [1.82, 2.24) is 9.62 Å². The van der Waals surface area contributed by atoms with E-state index in [0.29, 0.717) is 31.1 Å². The molecule has 0 spiro atoms. The molecule has 27 heavy (non-hydrogen) atoms. The van der Waals surface area contributed by atoms with Crippen LogP contribution in [0.5, 0.6) is 0 Å². The molecule has 3 N–H and O–H groups in total. The van der Waals surface area contributed by atoms with Gasteiger partial charge in [-0.1, -0.05) is 6.92 Å². The Balaban J connectivity index is 1.87. The van der Waals surface area contributed by atoms with Gasteiger partial charge in [0.05, 0.1) is 17.0 Å². The molecule has 6 nitrogen and oxygen atoms in total. The minimum atomic E-state index is -3.47. The monoisotopic (exact) mass is 396 g/mol. The summed E-state index contributed by atoms with van der Waals surface area (Å²) in [5.41, 5.74) is 0.679. The summed E-state index contributed by atoms with van der Waals surface area (Å²) >= 11 is 0. The third-order valence-electron chi connectivity index (χ3n) is 4.92. The lowest BCUT2D eigenvalue weighted by Crippen LogP contribution is -2.94. The number of nitrogens with zero attached hydrogens (tertiary/aromatic N) is 1. The first kappa shape index (κ1) is 21.9. The second kappa shape index (κ2) is 9.17. The summed E-state index contributed by atoms with van der Waals surface area (Å²) < 4.78 is 27.0. The van der Waals surface area contributed by atoms with E-state index in [1.54, 1.807) is 16.4 Å². The van der Waals surface area contributed by atoms with Crippen LogP contribution in [0.1, 0.15) is 57.3 Å². The molecule has 152 valence electrons. The highest BCUT2D eigenvalue weighted by molar-refractivity contribution is 7.89. The minimum absolute atomic E-state index is 0.165. The number of carbonyl (C=O) groups excluding carboxylic acids is 1. The molecule has 1 aliphatic rings. The van der Waals surface area contributed by atoms with E-state index in [1.165, 1.54) is 12.1 Å². The molecule has 7 heteroatoms. The molecule has 0 aromatic heterocycles. The van der Waals surface area contributed by atoms with Gasteiger partial charge in [0, 0.05) is 31.6 Å². The van der Waals surface area contributed by atoms with Crippen LogP contribution in [0.2, 0.25) is 0 Å². The van der Waals surface area contributed by atoms with Gasteiger partial charge >= 0.3 is 0 Å². The van der Waals surface area contributed by atoms with Gasteiger partial charge in [-0.25, -0.2) is 8.42 Å². The second-order valence-corrected chi connectivity index (χ2v) is 10.5. The molecule has 0 saturated carbocycles. The lowest BCUT2D eigenvalue weighted by Gasteiger charge is -2.29. The number of carbonyl (C=O) groups is 1. The Hall–Kier alpha value is -1.44. The van der Waals surface area contributed by atoms with E-state index < -0.39 is 10.0 Å². The van der Waals surface area contributed by atoms with Crippen molar-refractivity contribution in [3.8, 4) is 0 Å². The highest BCUT2D eigenvalue weighted by Crippen LogP contribution is 2.23. The fourth-order valence-electron chi connectivity index (χ4n) is 3.09. The maximum Gasteiger partial charge on any atom is 0.251 e. The number of hydrogen-bond acceptors (Lipinski definition) is 3. The zero-order valence-electron chi connectivity index (χ0n) is 17.0. The quantitative estimate of drug-likeness (QED) is 0.687. The van der Waals surface area contributed by atoms with Crippen LogP contribution in [0.15, 0.2) is 29.2 Å². The van der Waals surface area contributed by atoms with Gasteiger partial charge in [0.25, 0.3) is 5.91 Å². The van der Waals surface area contributed by atoms with E-state index in [2.05, 4.69) is 38.3 Å². The zero-order valence-corrected chi connectivity index (χ0v) is 17.8. The topological polar surface area (TPSA) is 83.1 Å². The standard InChI is InChI=1S/C20H33N3O3S/c1-16-10-14-23(15-11-16)27(25,26)18-8-6-17(7-9-18)19(24)21-12-5-13-22-20(2,3)4/h6-9,16,22H,5,10-15H2,1-4H3,(H,21,24)/p+1. The number of benzene rings is 1. The first-order valence-corrected chi connectivity index (χ1v) is 11.3. The first-order chi connectivity index (χ1) is 12.6. The van der Waals surface area contributed by atoms with Gasteiger partial charge in [-0.3, -0.25) is 4.79 Å². The molecule has 1 aromatic rings. The molecule has 0 atom stereocenters. The number of hydrogen-bond donors (Lipinski definition) is 2. The number of nitrogens with one attached hydrogen (secondary N) is 1. The van der Waals surface area contributed by atoms with Gasteiger partial charge < -0.3 is 10.6 Å². The Kier molecular flexibility index (Phi) is 7.42. The summed E-state index contributed by atoms with van der Waals surface area (Å²) in [7, 11) is -3.47. The number of piperidine rings is 1. The first-order valence-electron chi connectivity index (χ1n) is 9.82. The van der Waals surface area contributed by atoms with Crippen LogP contribution < -0.4 is 10.6 Å². The lowest BCUT2D eigenvalue weighted by molar-refractivity contribution is -0.717. The van der Waals surface area contributed by atoms with Crippen molar-refractivity contribution in [1.29, 1.82) is 0 Å². The van der Waals surface area contributed by atoms with Gasteiger partial charge in [-0.15, -0.1) is 0 Å². The summed E-state index contributed by atoms with van der Waals surface area (Å²) in [6.45, 7) is 11.3. The SMILES string of the molecule is CC1CCN(S(=O)(=O)c2ccc(C(=O)NCCC[NH2+]C(C)(C)C)cc2)CC1. The van der Waals surface area contributed by atoms with E-state index in [1.807, 2.05) is 0 Å². The van der Waals surface area contributed by atoms with Crippen LogP contribution in [-0.4, -0.2) is 50.3 Å². The second-order valence-electron chi connectivity index (χ2n) is 8.58. The number of nitrogens with two attached hydrogens (primary N) is 1. The molecule has 0 aliphatic carbocycles. The van der Waals surface area contributed by atoms with Gasteiger partial charge in [-0.05, 0) is 63.8 Å². The fourth-order valence-corrected chi connectivity index (χ4v) is 4.56. The lowest BCUT2D eigenvalue weighted by atomic mass is 10.0. The number of sulfonamides is 1. The van der Waals surface area contributed by atoms with Crippen LogP contribution in [0.4, 0.5) is 0 Å². The average molecular weight is 397 g/mol. The average Bonchev–Trinajstić information content (AvgIpc) is 2.61. The van der Waals surface area contributed by atoms with Crippen molar-refractivity contribution in [2.24, 2.45) is 5.92 Å². The number of amides is 1. The van der Waals surface area contributed by atoms with Crippen molar-refractivity contribution >= 4 is 15.9 Å². The van der Waals surface area contributed by atoms with Gasteiger partial charge in [0.1, 0.15) is 0 Å². The van der Waals surface area contributed by atoms with Crippen molar-refractivity contribution in [2.75, 3.05) is 26.2 Å². The summed E-state index contributed by atoms with van der Waals surface area (Å²) in [5.74, 6) is 0.407. The minimum Gasteiger partial charge on any atom is -0.352 e. The van der Waals surface area contributed by atoms with Crippen molar-refractivity contribution < 1.29 is 18.5 Å². The van der Waals surface area contributed by atoms with Crippen molar-refractivity contribution in [2.45, 2.75) is 57.4 Å². The normalized spacial score (nSPS) is 17.0. The molecule has 0 radical (unpaired) electrons. The van der Waals surface area contributed by atoms with Crippen LogP contribution in [-0.2, 0) is 10.0 Å². The van der Waals surface area contributed by atoms with Gasteiger partial charge in [0.2, 0.25) is 10.0 Å². The number of quaternary nitrogens is 1. The third kappa shape index (κ3) is 6.59. The van der Waals surface area contributed by atoms with Crippen LogP contribution in [0.25, 0.3) is 0 Å². The third-order valence-corrected chi connectivity index (χ3v) is 6.83. The van der Waals surface area contributed by atoms with Gasteiger partial charge in [-0.2, -0.15) is 4.31 Å². The van der Waals surface area contributed by atoms with Crippen molar-refractivity contribution in [3.63, 3.8) is 0 Å². The molecule has 1 fully saturated rings. The molecular formula is C20H34N3O3S+. The molecule has 0 unspecified atom stereocenters. The molecule has 2 rings (SSSR count). The van der Waals surface area contributed by atoms with E-state index in [9.17, 15) is 13.2 Å². The predicted molar refractivity (Wildman–Crippen MR) is 107 cm³/mol. The molecule has 1 aromatic carbocycles. The van der Waals surface area contributed by atoms with E-state index in [-0.39, 0.29) is 16.3 Å². The predicted octanol–water partition coefficient (Wildman–Crippen LogP) is 1.59. The van der Waals surface area contributed by atoms with E-state index in [4.69, 9.17) is 0 Å². The fraction of sp³-hybridized carbons (Fsp3) is 0.650. The van der Waals surface area contributed by atoms with Crippen LogP contribution in [0, 0.1) is 5.92 Å². The summed E-state index contributed by atoms with van der Waals surface area (Å²) in [5, 5.41) is 5.14. The van der Waals surface area contributed by atoms with Crippen LogP contribution >= 0.6 is 0 Å². The molecule has 0 bridgehead atoms. The Morgan fingerprint density at radius 1 is 1.19 bits per heavy atom. The molecule has 1 amide bonds. The highest BCUT2D eigenvalue weighted by Gasteiger charge is 2.28. The number of rotatable bonds is 7. The maximum atomic E-state index is 12.7. The Bertz CT molecular complexity index is 716. The maximum absolute atomic E-state index is 12.7. The Morgan fingerprint density at radius 2 is 1.78 bits per heavy atom. The zero-order chi connectivity index (χ0) is 20.1. The summed E-state index contributed by atoms with van der Waals surface area (Å²) in [6.07, 6.45) is 2.68. The van der Waals surface area contributed by atoms with Crippen molar-refractivity contribution in [3.05, 3.63) is 29.8 Å². The van der Waals surface area contributed by atoms with Gasteiger partial charge in [0.15, 0.2) is 0 Å². The molecule has 1 saturated heterocycles. The van der Waals surface area contributed by atoms with Crippen LogP contribution in [0.3, 0.4) is 0 Å². The molecule has 1 heterocycles. The molecular weight excluding hydrogens is 362 g/mol. The Labute approximate surface area is 163 Å². The summed E-state index contributed by atoms with van der Waals surface area (Å²) in [4.78, 5) is 12.5. The molecule has 1 aliphatic heterocycles. The van der Waals surface area contributed by atoms with E-state index in [0.717, 1.165) is 25.8 Å². The summed E-state index contributed by atoms with van der Waals surface area (Å²) in [6, 6.07) is 6.26.